The number of methoxy groups -OCH3 is 1. The molecule has 88 valence electrons. The summed E-state index contributed by atoms with van der Waals surface area (Å²) in [5, 5.41) is 0. The average Bonchev–Trinajstić information content (AvgIpc) is 2.23. The zero-order valence-electron chi connectivity index (χ0n) is 8.14. The van der Waals surface area contributed by atoms with Gasteiger partial charge in [-0.1, -0.05) is 0 Å². The maximum absolute atomic E-state index is 12.5. The van der Waals surface area contributed by atoms with E-state index >= 15 is 0 Å². The Morgan fingerprint density at radius 2 is 2.19 bits per heavy atom. The first-order valence-electron chi connectivity index (χ1n) is 4.15. The van der Waals surface area contributed by atoms with Crippen LogP contribution in [0.4, 0.5) is 8.78 Å². The molecule has 0 aliphatic carbocycles. The first-order chi connectivity index (χ1) is 7.45. The molecule has 0 bridgehead atoms. The molecular weight excluding hydrogens is 352 g/mol. The van der Waals surface area contributed by atoms with E-state index in [-0.39, 0.29) is 16.7 Å². The molecule has 1 heterocycles. The van der Waals surface area contributed by atoms with E-state index in [1.807, 2.05) is 0 Å². The molecule has 0 saturated heterocycles. The molecule has 0 saturated carbocycles. The highest BCUT2D eigenvalue weighted by Crippen LogP contribution is 2.29. The molecule has 0 fully saturated rings. The van der Waals surface area contributed by atoms with Crippen molar-refractivity contribution in [3.8, 4) is 0 Å². The Bertz CT molecular complexity index is 413. The lowest BCUT2D eigenvalue weighted by Crippen LogP contribution is -2.07. The van der Waals surface area contributed by atoms with Crippen LogP contribution < -0.4 is 0 Å². The molecule has 0 spiro atoms. The maximum Gasteiger partial charge on any atom is 0.310 e. The third-order valence-corrected chi connectivity index (χ3v) is 3.79. The van der Waals surface area contributed by atoms with Crippen LogP contribution in [0.15, 0.2) is 15.1 Å². The van der Waals surface area contributed by atoms with Crippen molar-refractivity contribution in [3.63, 3.8) is 0 Å². The zero-order valence-corrected chi connectivity index (χ0v) is 11.3. The molecule has 0 radical (unpaired) electrons. The van der Waals surface area contributed by atoms with Gasteiger partial charge in [0.1, 0.15) is 10.3 Å². The number of hydrogen-bond donors (Lipinski definition) is 0. The highest BCUT2D eigenvalue weighted by molar-refractivity contribution is 9.13. The summed E-state index contributed by atoms with van der Waals surface area (Å²) in [6.07, 6.45) is -2.77. The Morgan fingerprint density at radius 1 is 1.56 bits per heavy atom. The van der Waals surface area contributed by atoms with E-state index in [4.69, 9.17) is 0 Å². The third kappa shape index (κ3) is 3.21. The molecule has 7 heteroatoms. The van der Waals surface area contributed by atoms with Crippen molar-refractivity contribution in [2.24, 2.45) is 0 Å². The second kappa shape index (κ2) is 5.67. The van der Waals surface area contributed by atoms with Crippen molar-refractivity contribution in [1.82, 2.24) is 4.98 Å². The Labute approximate surface area is 107 Å². The summed E-state index contributed by atoms with van der Waals surface area (Å²) in [5.74, 6) is -0.501. The molecule has 3 nitrogen and oxygen atoms in total. The van der Waals surface area contributed by atoms with Crippen molar-refractivity contribution in [2.45, 2.75) is 12.8 Å². The number of alkyl halides is 2. The van der Waals surface area contributed by atoms with E-state index in [0.717, 1.165) is 0 Å². The summed E-state index contributed by atoms with van der Waals surface area (Å²) in [5.41, 5.74) is 0.0259. The SMILES string of the molecule is COC(=O)Cc1cc(C(F)F)nc(Br)c1Br. The van der Waals surface area contributed by atoms with Gasteiger partial charge in [-0.25, -0.2) is 13.8 Å². The number of esters is 1. The zero-order chi connectivity index (χ0) is 12.3. The van der Waals surface area contributed by atoms with E-state index in [9.17, 15) is 13.6 Å². The van der Waals surface area contributed by atoms with Crippen LogP contribution in [0, 0.1) is 0 Å². The fraction of sp³-hybridized carbons (Fsp3) is 0.333. The standard InChI is InChI=1S/C9H7Br2F2NO2/c1-16-6(15)3-4-2-5(9(12)13)14-8(11)7(4)10/h2,9H,3H2,1H3. The second-order valence-corrected chi connectivity index (χ2v) is 4.41. The molecule has 0 aliphatic rings. The quantitative estimate of drug-likeness (QED) is 0.615. The van der Waals surface area contributed by atoms with Gasteiger partial charge in [0.25, 0.3) is 6.43 Å². The fourth-order valence-corrected chi connectivity index (χ4v) is 1.84. The fourth-order valence-electron chi connectivity index (χ4n) is 1.04. The van der Waals surface area contributed by atoms with Crippen LogP contribution in [-0.2, 0) is 16.0 Å². The van der Waals surface area contributed by atoms with Gasteiger partial charge in [0.2, 0.25) is 0 Å². The molecule has 0 atom stereocenters. The molecule has 0 amide bonds. The number of carbonyl (C=O) groups is 1. The molecule has 0 N–H and O–H groups in total. The van der Waals surface area contributed by atoms with Gasteiger partial charge in [0.15, 0.2) is 0 Å². The summed E-state index contributed by atoms with van der Waals surface area (Å²) in [4.78, 5) is 14.7. The van der Waals surface area contributed by atoms with Crippen LogP contribution in [-0.4, -0.2) is 18.1 Å². The van der Waals surface area contributed by atoms with Crippen LogP contribution in [0.1, 0.15) is 17.7 Å². The van der Waals surface area contributed by atoms with Gasteiger partial charge in [-0.2, -0.15) is 0 Å². The monoisotopic (exact) mass is 357 g/mol. The first kappa shape index (κ1) is 13.5. The van der Waals surface area contributed by atoms with E-state index in [1.54, 1.807) is 0 Å². The number of pyridine rings is 1. The lowest BCUT2D eigenvalue weighted by atomic mass is 10.1. The normalized spacial score (nSPS) is 10.6. The Kier molecular flexibility index (Phi) is 4.79. The van der Waals surface area contributed by atoms with Gasteiger partial charge in [-0.15, -0.1) is 0 Å². The summed E-state index contributed by atoms with van der Waals surface area (Å²) in [6.45, 7) is 0. The third-order valence-electron chi connectivity index (χ3n) is 1.80. The van der Waals surface area contributed by atoms with E-state index in [0.29, 0.717) is 10.0 Å². The van der Waals surface area contributed by atoms with Gasteiger partial charge < -0.3 is 4.74 Å². The van der Waals surface area contributed by atoms with Crippen molar-refractivity contribution in [2.75, 3.05) is 7.11 Å². The summed E-state index contributed by atoms with van der Waals surface area (Å²) < 4.78 is 30.1. The molecule has 0 aliphatic heterocycles. The molecule has 1 rings (SSSR count). The van der Waals surface area contributed by atoms with Crippen LogP contribution >= 0.6 is 31.9 Å². The molecule has 0 unspecified atom stereocenters. The number of ether oxygens (including phenoxy) is 1. The van der Waals surface area contributed by atoms with E-state index < -0.39 is 12.4 Å². The molecular formula is C9H7Br2F2NO2. The lowest BCUT2D eigenvalue weighted by molar-refractivity contribution is -0.139. The van der Waals surface area contributed by atoms with Gasteiger partial charge in [-0.3, -0.25) is 4.79 Å². The number of nitrogens with zero attached hydrogens (tertiary/aromatic N) is 1. The van der Waals surface area contributed by atoms with Crippen molar-refractivity contribution in [3.05, 3.63) is 26.4 Å². The second-order valence-electron chi connectivity index (χ2n) is 2.86. The van der Waals surface area contributed by atoms with Crippen molar-refractivity contribution < 1.29 is 18.3 Å². The minimum Gasteiger partial charge on any atom is -0.469 e. The van der Waals surface area contributed by atoms with Crippen molar-refractivity contribution >= 4 is 37.8 Å². The Hall–Kier alpha value is -0.560. The maximum atomic E-state index is 12.5. The molecule has 1 aromatic heterocycles. The summed E-state index contributed by atoms with van der Waals surface area (Å²) in [6, 6.07) is 1.18. The number of carbonyl (C=O) groups excluding carboxylic acids is 1. The van der Waals surface area contributed by atoms with Crippen molar-refractivity contribution in [1.29, 1.82) is 0 Å². The number of aromatic nitrogens is 1. The van der Waals surface area contributed by atoms with Gasteiger partial charge >= 0.3 is 5.97 Å². The Morgan fingerprint density at radius 3 is 2.69 bits per heavy atom. The van der Waals surface area contributed by atoms with Crippen LogP contribution in [0.5, 0.6) is 0 Å². The number of hydrogen-bond acceptors (Lipinski definition) is 3. The molecule has 1 aromatic rings. The lowest BCUT2D eigenvalue weighted by Gasteiger charge is -2.07. The number of halogens is 4. The molecule has 16 heavy (non-hydrogen) atoms. The van der Waals surface area contributed by atoms with Gasteiger partial charge in [0, 0.05) is 0 Å². The van der Waals surface area contributed by atoms with Gasteiger partial charge in [0.05, 0.1) is 18.0 Å². The topological polar surface area (TPSA) is 39.2 Å². The minimum atomic E-state index is -2.68. The highest BCUT2D eigenvalue weighted by Gasteiger charge is 2.16. The number of rotatable bonds is 3. The predicted octanol–water partition coefficient (Wildman–Crippen LogP) is 3.26. The van der Waals surface area contributed by atoms with Crippen LogP contribution in [0.2, 0.25) is 0 Å². The summed E-state index contributed by atoms with van der Waals surface area (Å²) in [7, 11) is 1.24. The van der Waals surface area contributed by atoms with Crippen LogP contribution in [0.3, 0.4) is 0 Å². The summed E-state index contributed by atoms with van der Waals surface area (Å²) >= 11 is 6.19. The molecule has 0 aromatic carbocycles. The van der Waals surface area contributed by atoms with Gasteiger partial charge in [-0.05, 0) is 43.5 Å². The van der Waals surface area contributed by atoms with Crippen LogP contribution in [0.25, 0.3) is 0 Å². The smallest absolute Gasteiger partial charge is 0.310 e. The highest BCUT2D eigenvalue weighted by atomic mass is 79.9. The largest absolute Gasteiger partial charge is 0.469 e. The van der Waals surface area contributed by atoms with E-state index in [1.165, 1.54) is 13.2 Å². The minimum absolute atomic E-state index is 0.0854. The Balaban J connectivity index is 3.11. The van der Waals surface area contributed by atoms with E-state index in [2.05, 4.69) is 41.6 Å². The first-order valence-corrected chi connectivity index (χ1v) is 5.74. The predicted molar refractivity (Wildman–Crippen MR) is 60.3 cm³/mol. The average molecular weight is 359 g/mol.